The van der Waals surface area contributed by atoms with Gasteiger partial charge in [0.25, 0.3) is 5.56 Å². The molecule has 3 N–H and O–H groups in total. The number of amides is 1. The van der Waals surface area contributed by atoms with Gasteiger partial charge in [0.2, 0.25) is 5.91 Å². The van der Waals surface area contributed by atoms with Gasteiger partial charge in [-0.2, -0.15) is 0 Å². The molecule has 0 bridgehead atoms. The number of nitrogens with one attached hydrogen (secondary N) is 3. The van der Waals surface area contributed by atoms with Crippen LogP contribution < -0.4 is 16.2 Å². The van der Waals surface area contributed by atoms with Gasteiger partial charge < -0.3 is 15.6 Å². The van der Waals surface area contributed by atoms with Crippen molar-refractivity contribution in [2.75, 3.05) is 11.9 Å². The van der Waals surface area contributed by atoms with Crippen LogP contribution in [0.15, 0.2) is 71.9 Å². The average Bonchev–Trinajstić information content (AvgIpc) is 3.58. The van der Waals surface area contributed by atoms with Crippen molar-refractivity contribution in [2.45, 2.75) is 25.3 Å². The molecule has 0 spiro atoms. The van der Waals surface area contributed by atoms with Crippen LogP contribution in [-0.2, 0) is 11.2 Å². The fourth-order valence-corrected chi connectivity index (χ4v) is 3.25. The summed E-state index contributed by atoms with van der Waals surface area (Å²) >= 11 is 0. The zero-order valence-corrected chi connectivity index (χ0v) is 16.1. The van der Waals surface area contributed by atoms with Gasteiger partial charge in [-0.1, -0.05) is 30.3 Å². The Morgan fingerprint density at radius 1 is 1.10 bits per heavy atom. The second kappa shape index (κ2) is 8.84. The summed E-state index contributed by atoms with van der Waals surface area (Å²) in [6, 6.07) is 14.9. The lowest BCUT2D eigenvalue weighted by molar-refractivity contribution is -0.118. The molecule has 1 amide bonds. The largest absolute Gasteiger partial charge is 0.327 e. The summed E-state index contributed by atoms with van der Waals surface area (Å²) in [5.41, 5.74) is 2.73. The molecule has 6 heteroatoms. The van der Waals surface area contributed by atoms with Crippen molar-refractivity contribution in [1.29, 1.82) is 0 Å². The molecule has 1 aliphatic rings. The number of rotatable bonds is 8. The lowest BCUT2D eigenvalue weighted by atomic mass is 10.0. The monoisotopic (exact) mass is 388 g/mol. The molecule has 2 aromatic heterocycles. The molecule has 1 saturated carbocycles. The molecule has 1 aliphatic carbocycles. The van der Waals surface area contributed by atoms with Crippen molar-refractivity contribution in [2.24, 2.45) is 5.92 Å². The summed E-state index contributed by atoms with van der Waals surface area (Å²) in [7, 11) is 0. The molecule has 3 aromatic rings. The number of hydrogen-bond acceptors (Lipinski definition) is 4. The van der Waals surface area contributed by atoms with E-state index in [2.05, 4.69) is 20.6 Å². The van der Waals surface area contributed by atoms with Crippen molar-refractivity contribution in [3.8, 4) is 11.1 Å². The molecule has 0 saturated heterocycles. The maximum absolute atomic E-state index is 13.0. The highest BCUT2D eigenvalue weighted by molar-refractivity contribution is 5.95. The Bertz CT molecular complexity index is 1010. The van der Waals surface area contributed by atoms with E-state index in [0.29, 0.717) is 12.3 Å². The third kappa shape index (κ3) is 5.18. The van der Waals surface area contributed by atoms with E-state index >= 15 is 0 Å². The van der Waals surface area contributed by atoms with E-state index in [-0.39, 0.29) is 17.2 Å². The first-order valence-corrected chi connectivity index (χ1v) is 9.90. The van der Waals surface area contributed by atoms with Crippen LogP contribution in [0.25, 0.3) is 11.1 Å². The summed E-state index contributed by atoms with van der Waals surface area (Å²) < 4.78 is 0. The van der Waals surface area contributed by atoms with Gasteiger partial charge >= 0.3 is 0 Å². The Kier molecular flexibility index (Phi) is 5.81. The minimum absolute atomic E-state index is 0.202. The first-order chi connectivity index (χ1) is 14.2. The third-order valence-corrected chi connectivity index (χ3v) is 5.12. The van der Waals surface area contributed by atoms with Gasteiger partial charge in [-0.15, -0.1) is 0 Å². The second-order valence-corrected chi connectivity index (χ2v) is 7.45. The first-order valence-electron chi connectivity index (χ1n) is 9.90. The van der Waals surface area contributed by atoms with E-state index in [1.54, 1.807) is 24.7 Å². The Morgan fingerprint density at radius 2 is 1.86 bits per heavy atom. The zero-order chi connectivity index (χ0) is 20.1. The van der Waals surface area contributed by atoms with Crippen LogP contribution in [0, 0.1) is 5.92 Å². The van der Waals surface area contributed by atoms with E-state index in [1.807, 2.05) is 42.5 Å². The van der Waals surface area contributed by atoms with Gasteiger partial charge in [0.05, 0.1) is 6.04 Å². The number of benzene rings is 1. The Hall–Kier alpha value is -3.25. The minimum Gasteiger partial charge on any atom is -0.327 e. The molecular weight excluding hydrogens is 364 g/mol. The topological polar surface area (TPSA) is 86.9 Å². The Balaban J connectivity index is 1.52. The molecule has 2 heterocycles. The molecule has 0 aliphatic heterocycles. The van der Waals surface area contributed by atoms with Crippen LogP contribution in [-0.4, -0.2) is 28.5 Å². The summed E-state index contributed by atoms with van der Waals surface area (Å²) in [6.07, 6.45) is 8.01. The smallest absolute Gasteiger partial charge is 0.271 e. The van der Waals surface area contributed by atoms with Gasteiger partial charge in [0.15, 0.2) is 0 Å². The molecule has 1 atom stereocenters. The highest BCUT2D eigenvalue weighted by atomic mass is 16.2. The van der Waals surface area contributed by atoms with Gasteiger partial charge in [-0.3, -0.25) is 14.6 Å². The summed E-state index contributed by atoms with van der Waals surface area (Å²) in [4.78, 5) is 32.0. The predicted octanol–water partition coefficient (Wildman–Crippen LogP) is 2.99. The van der Waals surface area contributed by atoms with Crippen molar-refractivity contribution in [1.82, 2.24) is 15.3 Å². The lowest BCUT2D eigenvalue weighted by Gasteiger charge is -2.18. The number of anilines is 1. The number of pyridine rings is 2. The number of carbonyl (C=O) groups excluding carboxylic acids is 1. The normalized spacial score (nSPS) is 14.3. The number of H-pyrrole nitrogens is 1. The molecular formula is C23H24N4O2. The van der Waals surface area contributed by atoms with Gasteiger partial charge in [-0.25, -0.2) is 0 Å². The SMILES string of the molecule is O=C(Nc1cc(-c2ccncc2)c[nH]c1=O)[C@H](Cc1ccccc1)NCC1CC1. The molecule has 6 nitrogen and oxygen atoms in total. The number of aromatic amines is 1. The van der Waals surface area contributed by atoms with Crippen LogP contribution in [0.5, 0.6) is 0 Å². The molecule has 0 radical (unpaired) electrons. The molecule has 148 valence electrons. The molecule has 1 aromatic carbocycles. The first kappa shape index (κ1) is 19.1. The lowest BCUT2D eigenvalue weighted by Crippen LogP contribution is -2.43. The fraction of sp³-hybridized carbons (Fsp3) is 0.261. The van der Waals surface area contributed by atoms with Crippen molar-refractivity contribution < 1.29 is 4.79 Å². The average molecular weight is 388 g/mol. The van der Waals surface area contributed by atoms with Crippen molar-refractivity contribution >= 4 is 11.6 Å². The van der Waals surface area contributed by atoms with E-state index in [9.17, 15) is 9.59 Å². The summed E-state index contributed by atoms with van der Waals surface area (Å²) in [5, 5.41) is 6.21. The maximum Gasteiger partial charge on any atom is 0.271 e. The van der Waals surface area contributed by atoms with Gasteiger partial charge in [0.1, 0.15) is 5.69 Å². The van der Waals surface area contributed by atoms with Crippen LogP contribution in [0.1, 0.15) is 18.4 Å². The number of aromatic nitrogens is 2. The van der Waals surface area contributed by atoms with E-state index < -0.39 is 6.04 Å². The van der Waals surface area contributed by atoms with Gasteiger partial charge in [0, 0.05) is 24.2 Å². The second-order valence-electron chi connectivity index (χ2n) is 7.45. The summed E-state index contributed by atoms with van der Waals surface area (Å²) in [6.45, 7) is 0.818. The highest BCUT2D eigenvalue weighted by Crippen LogP contribution is 2.28. The van der Waals surface area contributed by atoms with E-state index in [4.69, 9.17) is 0 Å². The maximum atomic E-state index is 13.0. The number of carbonyl (C=O) groups is 1. The van der Waals surface area contributed by atoms with Crippen molar-refractivity contribution in [3.63, 3.8) is 0 Å². The van der Waals surface area contributed by atoms with E-state index in [0.717, 1.165) is 23.2 Å². The van der Waals surface area contributed by atoms with Crippen LogP contribution in [0.2, 0.25) is 0 Å². The quantitative estimate of drug-likeness (QED) is 0.554. The molecule has 1 fully saturated rings. The van der Waals surface area contributed by atoms with E-state index in [1.165, 1.54) is 12.8 Å². The fourth-order valence-electron chi connectivity index (χ4n) is 3.25. The predicted molar refractivity (Wildman–Crippen MR) is 114 cm³/mol. The van der Waals surface area contributed by atoms with Crippen LogP contribution in [0.3, 0.4) is 0 Å². The van der Waals surface area contributed by atoms with Crippen LogP contribution >= 0.6 is 0 Å². The highest BCUT2D eigenvalue weighted by Gasteiger charge is 2.25. The number of hydrogen-bond donors (Lipinski definition) is 3. The standard InChI is InChI=1S/C23H24N4O2/c28-22-21(13-19(15-26-22)18-8-10-24-11-9-18)27-23(29)20(25-14-17-6-7-17)12-16-4-2-1-3-5-16/h1-5,8-11,13,15,17,20,25H,6-7,12,14H2,(H,26,28)(H,27,29)/t20-/m0/s1. The molecule has 0 unspecified atom stereocenters. The zero-order valence-electron chi connectivity index (χ0n) is 16.1. The van der Waals surface area contributed by atoms with Crippen molar-refractivity contribution in [3.05, 3.63) is 83.0 Å². The molecule has 4 rings (SSSR count). The van der Waals surface area contributed by atoms with Gasteiger partial charge in [-0.05, 0) is 61.1 Å². The third-order valence-electron chi connectivity index (χ3n) is 5.12. The van der Waals surface area contributed by atoms with Crippen LogP contribution in [0.4, 0.5) is 5.69 Å². The summed E-state index contributed by atoms with van der Waals surface area (Å²) in [5.74, 6) is 0.450. The number of nitrogens with zero attached hydrogens (tertiary/aromatic N) is 1. The Morgan fingerprint density at radius 3 is 2.59 bits per heavy atom. The minimum atomic E-state index is -0.401. The Labute approximate surface area is 169 Å². The molecule has 29 heavy (non-hydrogen) atoms.